The van der Waals surface area contributed by atoms with Crippen molar-refractivity contribution in [2.45, 2.75) is 25.9 Å². The minimum absolute atomic E-state index is 0.121. The SMILES string of the molecule is CC1(CN)CCN(c2n[nH]c(C3COCCO3)n2)CC1. The second kappa shape index (κ2) is 5.67. The third-order valence-corrected chi connectivity index (χ3v) is 4.36. The predicted octanol–water partition coefficient (Wildman–Crippen LogP) is 0.458. The molecule has 2 aliphatic rings. The highest BCUT2D eigenvalue weighted by Gasteiger charge is 2.30. The summed E-state index contributed by atoms with van der Waals surface area (Å²) in [6, 6.07) is 0. The Kier molecular flexibility index (Phi) is 3.91. The van der Waals surface area contributed by atoms with Crippen LogP contribution in [-0.2, 0) is 9.47 Å². The molecule has 1 atom stereocenters. The van der Waals surface area contributed by atoms with Crippen LogP contribution in [0, 0.1) is 5.41 Å². The number of aromatic nitrogens is 3. The molecule has 1 unspecified atom stereocenters. The summed E-state index contributed by atoms with van der Waals surface area (Å²) in [7, 11) is 0. The molecule has 0 saturated carbocycles. The van der Waals surface area contributed by atoms with E-state index in [1.807, 2.05) is 0 Å². The van der Waals surface area contributed by atoms with Gasteiger partial charge < -0.3 is 20.1 Å². The van der Waals surface area contributed by atoms with Crippen LogP contribution in [0.15, 0.2) is 0 Å². The largest absolute Gasteiger partial charge is 0.376 e. The van der Waals surface area contributed by atoms with Crippen LogP contribution in [0.3, 0.4) is 0 Å². The lowest BCUT2D eigenvalue weighted by atomic mass is 9.81. The van der Waals surface area contributed by atoms with Gasteiger partial charge in [-0.05, 0) is 24.8 Å². The zero-order valence-electron chi connectivity index (χ0n) is 12.0. The standard InChI is InChI=1S/C13H23N5O2/c1-13(9-14)2-4-18(5-3-13)12-15-11(16-17-12)10-8-19-6-7-20-10/h10H,2-9,14H2,1H3,(H,15,16,17). The number of nitrogens with one attached hydrogen (secondary N) is 1. The lowest BCUT2D eigenvalue weighted by Crippen LogP contribution is -2.42. The summed E-state index contributed by atoms with van der Waals surface area (Å²) < 4.78 is 11.0. The van der Waals surface area contributed by atoms with E-state index in [0.29, 0.717) is 19.8 Å². The van der Waals surface area contributed by atoms with Crippen LogP contribution in [0.4, 0.5) is 5.95 Å². The summed E-state index contributed by atoms with van der Waals surface area (Å²) in [6.45, 7) is 6.70. The van der Waals surface area contributed by atoms with Gasteiger partial charge in [0.05, 0.1) is 19.8 Å². The topological polar surface area (TPSA) is 89.3 Å². The Morgan fingerprint density at radius 2 is 2.20 bits per heavy atom. The molecular formula is C13H23N5O2. The van der Waals surface area contributed by atoms with E-state index in [1.165, 1.54) is 0 Å². The molecule has 0 spiro atoms. The third kappa shape index (κ3) is 2.79. The van der Waals surface area contributed by atoms with Crippen LogP contribution in [0.5, 0.6) is 0 Å². The van der Waals surface area contributed by atoms with E-state index in [2.05, 4.69) is 27.0 Å². The van der Waals surface area contributed by atoms with E-state index in [4.69, 9.17) is 15.2 Å². The lowest BCUT2D eigenvalue weighted by Gasteiger charge is -2.38. The van der Waals surface area contributed by atoms with E-state index < -0.39 is 0 Å². The van der Waals surface area contributed by atoms with E-state index in [9.17, 15) is 0 Å². The van der Waals surface area contributed by atoms with Gasteiger partial charge in [0, 0.05) is 13.1 Å². The Morgan fingerprint density at radius 1 is 1.40 bits per heavy atom. The van der Waals surface area contributed by atoms with Crippen molar-refractivity contribution in [3.05, 3.63) is 5.82 Å². The highest BCUT2D eigenvalue weighted by atomic mass is 16.6. The van der Waals surface area contributed by atoms with Crippen LogP contribution in [-0.4, -0.2) is 54.6 Å². The summed E-state index contributed by atoms with van der Waals surface area (Å²) >= 11 is 0. The van der Waals surface area contributed by atoms with Crippen molar-refractivity contribution >= 4 is 5.95 Å². The Bertz CT molecular complexity index is 436. The Balaban J connectivity index is 1.62. The number of hydrogen-bond donors (Lipinski definition) is 2. The summed E-state index contributed by atoms with van der Waals surface area (Å²) in [5.74, 6) is 1.51. The molecule has 112 valence electrons. The summed E-state index contributed by atoms with van der Waals surface area (Å²) in [6.07, 6.45) is 2.04. The van der Waals surface area contributed by atoms with Crippen molar-refractivity contribution in [3.8, 4) is 0 Å². The number of piperidine rings is 1. The van der Waals surface area contributed by atoms with Crippen molar-refractivity contribution in [3.63, 3.8) is 0 Å². The van der Waals surface area contributed by atoms with Gasteiger partial charge >= 0.3 is 0 Å². The highest BCUT2D eigenvalue weighted by Crippen LogP contribution is 2.31. The van der Waals surface area contributed by atoms with Crippen molar-refractivity contribution in [2.24, 2.45) is 11.1 Å². The molecule has 0 amide bonds. The maximum absolute atomic E-state index is 5.84. The van der Waals surface area contributed by atoms with E-state index in [0.717, 1.165) is 44.2 Å². The van der Waals surface area contributed by atoms with Crippen LogP contribution < -0.4 is 10.6 Å². The van der Waals surface area contributed by atoms with E-state index >= 15 is 0 Å². The fourth-order valence-electron chi connectivity index (χ4n) is 2.65. The van der Waals surface area contributed by atoms with Gasteiger partial charge in [0.1, 0.15) is 6.10 Å². The van der Waals surface area contributed by atoms with Crippen molar-refractivity contribution in [1.82, 2.24) is 15.2 Å². The average molecular weight is 281 g/mol. The Hall–Kier alpha value is -1.18. The van der Waals surface area contributed by atoms with Gasteiger partial charge in [0.2, 0.25) is 5.95 Å². The second-order valence-corrected chi connectivity index (χ2v) is 5.96. The first kappa shape index (κ1) is 13.8. The van der Waals surface area contributed by atoms with Gasteiger partial charge in [0.25, 0.3) is 0 Å². The van der Waals surface area contributed by atoms with Gasteiger partial charge in [-0.2, -0.15) is 4.98 Å². The van der Waals surface area contributed by atoms with Crippen LogP contribution >= 0.6 is 0 Å². The molecule has 3 N–H and O–H groups in total. The van der Waals surface area contributed by atoms with Crippen molar-refractivity contribution in [2.75, 3.05) is 44.4 Å². The Morgan fingerprint density at radius 3 is 2.85 bits per heavy atom. The molecule has 0 radical (unpaired) electrons. The van der Waals surface area contributed by atoms with Crippen molar-refractivity contribution < 1.29 is 9.47 Å². The minimum Gasteiger partial charge on any atom is -0.376 e. The molecule has 1 aromatic heterocycles. The molecule has 1 aromatic rings. The molecule has 0 aliphatic carbocycles. The van der Waals surface area contributed by atoms with E-state index in [-0.39, 0.29) is 11.5 Å². The van der Waals surface area contributed by atoms with Gasteiger partial charge in [-0.1, -0.05) is 6.92 Å². The molecule has 7 heteroatoms. The third-order valence-electron chi connectivity index (χ3n) is 4.36. The first-order valence-electron chi connectivity index (χ1n) is 7.27. The van der Waals surface area contributed by atoms with Crippen LogP contribution in [0.25, 0.3) is 0 Å². The lowest BCUT2D eigenvalue weighted by molar-refractivity contribution is -0.0933. The molecular weight excluding hydrogens is 258 g/mol. The number of ether oxygens (including phenoxy) is 2. The second-order valence-electron chi connectivity index (χ2n) is 5.96. The Labute approximate surface area is 118 Å². The summed E-state index contributed by atoms with van der Waals surface area (Å²) in [5, 5.41) is 7.29. The molecule has 20 heavy (non-hydrogen) atoms. The first-order valence-corrected chi connectivity index (χ1v) is 7.27. The summed E-state index contributed by atoms with van der Waals surface area (Å²) in [4.78, 5) is 6.76. The zero-order chi connectivity index (χ0) is 14.0. The molecule has 2 saturated heterocycles. The molecule has 0 aromatic carbocycles. The minimum atomic E-state index is -0.121. The van der Waals surface area contributed by atoms with Crippen molar-refractivity contribution in [1.29, 1.82) is 0 Å². The van der Waals surface area contributed by atoms with Crippen LogP contribution in [0.1, 0.15) is 31.7 Å². The average Bonchev–Trinajstić information content (AvgIpc) is 2.99. The van der Waals surface area contributed by atoms with Gasteiger partial charge in [0.15, 0.2) is 5.82 Å². The highest BCUT2D eigenvalue weighted by molar-refractivity contribution is 5.30. The fourth-order valence-corrected chi connectivity index (χ4v) is 2.65. The molecule has 3 heterocycles. The van der Waals surface area contributed by atoms with E-state index in [1.54, 1.807) is 0 Å². The van der Waals surface area contributed by atoms with Gasteiger partial charge in [-0.15, -0.1) is 5.10 Å². The first-order chi connectivity index (χ1) is 9.70. The number of H-pyrrole nitrogens is 1. The number of anilines is 1. The summed E-state index contributed by atoms with van der Waals surface area (Å²) in [5.41, 5.74) is 6.10. The maximum Gasteiger partial charge on any atom is 0.244 e. The quantitative estimate of drug-likeness (QED) is 0.836. The molecule has 2 fully saturated rings. The maximum atomic E-state index is 5.84. The molecule has 2 aliphatic heterocycles. The number of hydrogen-bond acceptors (Lipinski definition) is 6. The molecule has 3 rings (SSSR count). The zero-order valence-corrected chi connectivity index (χ0v) is 12.0. The van der Waals surface area contributed by atoms with Gasteiger partial charge in [-0.3, -0.25) is 5.10 Å². The van der Waals surface area contributed by atoms with Crippen LogP contribution in [0.2, 0.25) is 0 Å². The normalized spacial score (nSPS) is 26.7. The fraction of sp³-hybridized carbons (Fsp3) is 0.846. The number of rotatable bonds is 3. The monoisotopic (exact) mass is 281 g/mol. The smallest absolute Gasteiger partial charge is 0.244 e. The number of nitrogens with zero attached hydrogens (tertiary/aromatic N) is 3. The molecule has 0 bridgehead atoms. The predicted molar refractivity (Wildman–Crippen MR) is 74.5 cm³/mol. The molecule has 7 nitrogen and oxygen atoms in total. The van der Waals surface area contributed by atoms with Gasteiger partial charge in [-0.25, -0.2) is 0 Å². The number of nitrogens with two attached hydrogens (primary N) is 1. The number of aromatic amines is 1.